The van der Waals surface area contributed by atoms with Gasteiger partial charge in [-0.3, -0.25) is 4.79 Å². The van der Waals surface area contributed by atoms with Crippen LogP contribution in [0, 0.1) is 11.3 Å². The van der Waals surface area contributed by atoms with Crippen molar-refractivity contribution < 1.29 is 4.79 Å². The first-order valence-corrected chi connectivity index (χ1v) is 8.49. The second-order valence-corrected chi connectivity index (χ2v) is 6.59. The fraction of sp³-hybridized carbons (Fsp3) is 0.250. The Kier molecular flexibility index (Phi) is 4.63. The Balaban J connectivity index is 2.26. The average molecular weight is 347 g/mol. The molecule has 26 heavy (non-hydrogen) atoms. The van der Waals surface area contributed by atoms with E-state index in [0.29, 0.717) is 12.1 Å². The Labute approximate surface area is 152 Å². The number of nitrogens with two attached hydrogens (primary N) is 2. The summed E-state index contributed by atoms with van der Waals surface area (Å²) in [6, 6.07) is 12.0. The van der Waals surface area contributed by atoms with Gasteiger partial charge >= 0.3 is 0 Å². The molecule has 0 aliphatic heterocycles. The van der Waals surface area contributed by atoms with E-state index in [1.807, 2.05) is 54.9 Å². The number of primary amides is 1. The van der Waals surface area contributed by atoms with Gasteiger partial charge in [0.15, 0.2) is 0 Å². The van der Waals surface area contributed by atoms with Crippen LogP contribution in [0.5, 0.6) is 0 Å². The van der Waals surface area contributed by atoms with Gasteiger partial charge < -0.3 is 16.0 Å². The SMILES string of the molecule is CC(C)c1cc(-c2cn(CCC(N)=O)c3ccccc23)c(C#N)c(N)n1. The molecule has 6 heteroatoms. The number of nitriles is 1. The first kappa shape index (κ1) is 17.5. The number of pyridine rings is 1. The van der Waals surface area contributed by atoms with Crippen molar-refractivity contribution >= 4 is 22.6 Å². The zero-order chi connectivity index (χ0) is 18.8. The maximum atomic E-state index is 11.2. The summed E-state index contributed by atoms with van der Waals surface area (Å²) >= 11 is 0. The number of carbonyl (C=O) groups is 1. The minimum Gasteiger partial charge on any atom is -0.383 e. The highest BCUT2D eigenvalue weighted by Crippen LogP contribution is 2.35. The molecule has 3 rings (SSSR count). The molecule has 0 radical (unpaired) electrons. The van der Waals surface area contributed by atoms with E-state index < -0.39 is 0 Å². The third-order valence-corrected chi connectivity index (χ3v) is 4.45. The highest BCUT2D eigenvalue weighted by atomic mass is 16.1. The van der Waals surface area contributed by atoms with E-state index in [1.165, 1.54) is 0 Å². The number of rotatable bonds is 5. The van der Waals surface area contributed by atoms with Crippen LogP contribution in [0.2, 0.25) is 0 Å². The first-order chi connectivity index (χ1) is 12.4. The minimum atomic E-state index is -0.350. The second-order valence-electron chi connectivity index (χ2n) is 6.59. The van der Waals surface area contributed by atoms with E-state index in [-0.39, 0.29) is 24.1 Å². The van der Waals surface area contributed by atoms with Crippen LogP contribution < -0.4 is 11.5 Å². The topological polar surface area (TPSA) is 111 Å². The molecule has 2 aromatic heterocycles. The van der Waals surface area contributed by atoms with Gasteiger partial charge in [-0.05, 0) is 18.1 Å². The molecule has 0 fully saturated rings. The predicted octanol–water partition coefficient (Wildman–Crippen LogP) is 3.16. The number of anilines is 1. The van der Waals surface area contributed by atoms with Gasteiger partial charge in [-0.25, -0.2) is 4.98 Å². The van der Waals surface area contributed by atoms with Crippen LogP contribution in [0.3, 0.4) is 0 Å². The molecule has 0 bridgehead atoms. The lowest BCUT2D eigenvalue weighted by atomic mass is 9.97. The molecule has 0 spiro atoms. The fourth-order valence-electron chi connectivity index (χ4n) is 3.09. The molecular formula is C20H21N5O. The first-order valence-electron chi connectivity index (χ1n) is 8.49. The van der Waals surface area contributed by atoms with Gasteiger partial charge in [0.25, 0.3) is 0 Å². The maximum Gasteiger partial charge on any atom is 0.219 e. The number of aromatic nitrogens is 2. The van der Waals surface area contributed by atoms with Gasteiger partial charge in [0.1, 0.15) is 17.5 Å². The normalized spacial score (nSPS) is 11.0. The van der Waals surface area contributed by atoms with E-state index in [9.17, 15) is 10.1 Å². The molecule has 1 amide bonds. The van der Waals surface area contributed by atoms with Crippen molar-refractivity contribution in [3.8, 4) is 17.2 Å². The Hall–Kier alpha value is -3.33. The standard InChI is InChI=1S/C20H21N5O/c1-12(2)17-9-14(15(10-21)20(23)24-17)16-11-25(8-7-19(22)26)18-6-4-3-5-13(16)18/h3-6,9,11-12H,7-8H2,1-2H3,(H2,22,26)(H2,23,24). The van der Waals surface area contributed by atoms with E-state index in [4.69, 9.17) is 11.5 Å². The Morgan fingerprint density at radius 2 is 2.04 bits per heavy atom. The third kappa shape index (κ3) is 3.11. The molecule has 0 aliphatic rings. The van der Waals surface area contributed by atoms with Crippen molar-refractivity contribution in [1.82, 2.24) is 9.55 Å². The van der Waals surface area contributed by atoms with E-state index in [0.717, 1.165) is 27.7 Å². The predicted molar refractivity (Wildman–Crippen MR) is 102 cm³/mol. The number of para-hydroxylation sites is 1. The summed E-state index contributed by atoms with van der Waals surface area (Å²) in [4.78, 5) is 15.6. The van der Waals surface area contributed by atoms with Gasteiger partial charge in [-0.2, -0.15) is 5.26 Å². The molecule has 1 aromatic carbocycles. The molecule has 0 unspecified atom stereocenters. The van der Waals surface area contributed by atoms with Gasteiger partial charge in [0, 0.05) is 46.9 Å². The molecule has 0 atom stereocenters. The summed E-state index contributed by atoms with van der Waals surface area (Å²) in [7, 11) is 0. The van der Waals surface area contributed by atoms with Crippen LogP contribution in [0.15, 0.2) is 36.5 Å². The third-order valence-electron chi connectivity index (χ3n) is 4.45. The van der Waals surface area contributed by atoms with Crippen LogP contribution in [0.1, 0.15) is 37.4 Å². The van der Waals surface area contributed by atoms with Crippen molar-refractivity contribution in [1.29, 1.82) is 5.26 Å². The van der Waals surface area contributed by atoms with Crippen LogP contribution in [0.25, 0.3) is 22.0 Å². The van der Waals surface area contributed by atoms with Crippen LogP contribution in [-0.4, -0.2) is 15.5 Å². The molecule has 4 N–H and O–H groups in total. The number of fused-ring (bicyclic) bond motifs is 1. The van der Waals surface area contributed by atoms with Crippen LogP contribution >= 0.6 is 0 Å². The zero-order valence-corrected chi connectivity index (χ0v) is 14.9. The van der Waals surface area contributed by atoms with Crippen molar-refractivity contribution in [2.24, 2.45) is 5.73 Å². The lowest BCUT2D eigenvalue weighted by Crippen LogP contribution is -2.13. The number of nitrogens with zero attached hydrogens (tertiary/aromatic N) is 3. The van der Waals surface area contributed by atoms with Crippen molar-refractivity contribution in [3.05, 3.63) is 47.8 Å². The molecule has 132 valence electrons. The molecule has 0 aliphatic carbocycles. The molecule has 0 saturated heterocycles. The monoisotopic (exact) mass is 347 g/mol. The number of carbonyl (C=O) groups excluding carboxylic acids is 1. The van der Waals surface area contributed by atoms with E-state index in [2.05, 4.69) is 11.1 Å². The largest absolute Gasteiger partial charge is 0.383 e. The van der Waals surface area contributed by atoms with E-state index in [1.54, 1.807) is 0 Å². The Morgan fingerprint density at radius 3 is 2.69 bits per heavy atom. The second kappa shape index (κ2) is 6.89. The molecule has 0 saturated carbocycles. The fourth-order valence-corrected chi connectivity index (χ4v) is 3.09. The van der Waals surface area contributed by atoms with Gasteiger partial charge in [0.05, 0.1) is 0 Å². The summed E-state index contributed by atoms with van der Waals surface area (Å²) in [5.41, 5.74) is 15.2. The Morgan fingerprint density at radius 1 is 1.31 bits per heavy atom. The maximum absolute atomic E-state index is 11.2. The van der Waals surface area contributed by atoms with Gasteiger partial charge in [0.2, 0.25) is 5.91 Å². The average Bonchev–Trinajstić information content (AvgIpc) is 2.98. The van der Waals surface area contributed by atoms with Gasteiger partial charge in [-0.1, -0.05) is 32.0 Å². The molecule has 3 aromatic rings. The summed E-state index contributed by atoms with van der Waals surface area (Å²) in [5.74, 6) is 0.0759. The smallest absolute Gasteiger partial charge is 0.219 e. The summed E-state index contributed by atoms with van der Waals surface area (Å²) in [6.07, 6.45) is 2.20. The summed E-state index contributed by atoms with van der Waals surface area (Å²) < 4.78 is 1.99. The number of amides is 1. The number of nitrogen functional groups attached to an aromatic ring is 1. The highest BCUT2D eigenvalue weighted by Gasteiger charge is 2.18. The van der Waals surface area contributed by atoms with Crippen LogP contribution in [-0.2, 0) is 11.3 Å². The Bertz CT molecular complexity index is 1030. The lowest BCUT2D eigenvalue weighted by molar-refractivity contribution is -0.118. The van der Waals surface area contributed by atoms with Crippen molar-refractivity contribution in [2.45, 2.75) is 32.7 Å². The molecule has 2 heterocycles. The van der Waals surface area contributed by atoms with E-state index >= 15 is 0 Å². The minimum absolute atomic E-state index is 0.187. The molecular weight excluding hydrogens is 326 g/mol. The van der Waals surface area contributed by atoms with Crippen molar-refractivity contribution in [3.63, 3.8) is 0 Å². The number of hydrogen-bond donors (Lipinski definition) is 2. The quantitative estimate of drug-likeness (QED) is 0.738. The number of benzene rings is 1. The van der Waals surface area contributed by atoms with Crippen molar-refractivity contribution in [2.75, 3.05) is 5.73 Å². The number of hydrogen-bond acceptors (Lipinski definition) is 4. The summed E-state index contributed by atoms with van der Waals surface area (Å²) in [5, 5.41) is 10.6. The lowest BCUT2D eigenvalue weighted by Gasteiger charge is -2.11. The zero-order valence-electron chi connectivity index (χ0n) is 14.9. The highest BCUT2D eigenvalue weighted by molar-refractivity contribution is 5.98. The molecule has 6 nitrogen and oxygen atoms in total. The summed E-state index contributed by atoms with van der Waals surface area (Å²) in [6.45, 7) is 4.55. The van der Waals surface area contributed by atoms with Crippen LogP contribution in [0.4, 0.5) is 5.82 Å². The van der Waals surface area contributed by atoms with Gasteiger partial charge in [-0.15, -0.1) is 0 Å². The number of aryl methyl sites for hydroxylation is 1.